The Labute approximate surface area is 178 Å². The molecule has 2 aromatic carbocycles. The van der Waals surface area contributed by atoms with Gasteiger partial charge in [0.25, 0.3) is 11.8 Å². The number of rotatable bonds is 7. The van der Waals surface area contributed by atoms with E-state index in [1.54, 1.807) is 41.3 Å². The zero-order chi connectivity index (χ0) is 21.6. The van der Waals surface area contributed by atoms with Crippen molar-refractivity contribution in [3.63, 3.8) is 0 Å². The van der Waals surface area contributed by atoms with Crippen LogP contribution in [-0.4, -0.2) is 26.6 Å². The van der Waals surface area contributed by atoms with Crippen molar-refractivity contribution in [2.75, 3.05) is 5.32 Å². The lowest BCUT2D eigenvalue weighted by atomic mass is 10.1. The van der Waals surface area contributed by atoms with Crippen molar-refractivity contribution in [2.45, 2.75) is 20.0 Å². The number of benzene rings is 2. The minimum Gasteiger partial charge on any atom is -0.459 e. The minimum atomic E-state index is -0.364. The number of furan rings is 1. The summed E-state index contributed by atoms with van der Waals surface area (Å²) in [7, 11) is 0. The normalized spacial score (nSPS) is 10.6. The smallest absolute Gasteiger partial charge is 0.291 e. The van der Waals surface area contributed by atoms with Crippen LogP contribution in [0.1, 0.15) is 37.6 Å². The van der Waals surface area contributed by atoms with Gasteiger partial charge in [0.15, 0.2) is 5.76 Å². The van der Waals surface area contributed by atoms with Crippen LogP contribution in [0.3, 0.4) is 0 Å². The van der Waals surface area contributed by atoms with Crippen LogP contribution < -0.4 is 10.6 Å². The Kier molecular flexibility index (Phi) is 5.89. The second-order valence-electron chi connectivity index (χ2n) is 7.05. The maximum atomic E-state index is 12.6. The first-order valence-corrected chi connectivity index (χ1v) is 9.72. The summed E-state index contributed by atoms with van der Waals surface area (Å²) < 4.78 is 6.86. The Morgan fingerprint density at radius 2 is 1.84 bits per heavy atom. The Balaban J connectivity index is 1.36. The third kappa shape index (κ3) is 5.05. The van der Waals surface area contributed by atoms with Crippen LogP contribution in [0.5, 0.6) is 0 Å². The topological polar surface area (TPSA) is 102 Å². The summed E-state index contributed by atoms with van der Waals surface area (Å²) in [5.74, 6) is -0.377. The van der Waals surface area contributed by atoms with Crippen LogP contribution in [0, 0.1) is 6.92 Å². The number of hydrogen-bond donors (Lipinski definition) is 2. The molecular weight excluding hydrogens is 394 g/mol. The van der Waals surface area contributed by atoms with Gasteiger partial charge in [0.05, 0.1) is 12.8 Å². The largest absolute Gasteiger partial charge is 0.459 e. The number of nitrogens with one attached hydrogen (secondary N) is 2. The van der Waals surface area contributed by atoms with E-state index in [1.807, 2.05) is 31.2 Å². The fourth-order valence-electron chi connectivity index (χ4n) is 3.04. The molecule has 0 spiro atoms. The first kappa shape index (κ1) is 20.1. The van der Waals surface area contributed by atoms with Crippen molar-refractivity contribution in [3.05, 3.63) is 102 Å². The van der Waals surface area contributed by atoms with E-state index in [4.69, 9.17) is 4.42 Å². The molecule has 0 saturated heterocycles. The summed E-state index contributed by atoms with van der Waals surface area (Å²) >= 11 is 0. The lowest BCUT2D eigenvalue weighted by molar-refractivity contribution is 0.0949. The quantitative estimate of drug-likeness (QED) is 0.482. The van der Waals surface area contributed by atoms with Crippen molar-refractivity contribution < 1.29 is 14.0 Å². The van der Waals surface area contributed by atoms with E-state index in [2.05, 4.69) is 20.7 Å². The van der Waals surface area contributed by atoms with E-state index in [9.17, 15) is 9.59 Å². The number of hydrogen-bond acceptors (Lipinski definition) is 5. The molecule has 4 aromatic rings. The standard InChI is InChI=1S/C23H21N5O3/c1-16-4-9-19(11-20(16)27-23(30)21-3-2-10-31-21)22(29)25-12-17-5-7-18(8-6-17)13-28-15-24-14-26-28/h2-11,14-15H,12-13H2,1H3,(H,25,29)(H,27,30). The molecule has 0 saturated carbocycles. The fraction of sp³-hybridized carbons (Fsp3) is 0.130. The summed E-state index contributed by atoms with van der Waals surface area (Å²) in [5.41, 5.74) is 3.94. The van der Waals surface area contributed by atoms with Crippen molar-refractivity contribution in [3.8, 4) is 0 Å². The maximum absolute atomic E-state index is 12.6. The highest BCUT2D eigenvalue weighted by Gasteiger charge is 2.13. The van der Waals surface area contributed by atoms with Gasteiger partial charge in [-0.1, -0.05) is 30.3 Å². The Morgan fingerprint density at radius 3 is 2.55 bits per heavy atom. The number of aryl methyl sites for hydroxylation is 1. The van der Waals surface area contributed by atoms with Gasteiger partial charge in [0.2, 0.25) is 0 Å². The van der Waals surface area contributed by atoms with Gasteiger partial charge in [-0.25, -0.2) is 9.67 Å². The maximum Gasteiger partial charge on any atom is 0.291 e. The van der Waals surface area contributed by atoms with E-state index in [1.165, 1.54) is 12.6 Å². The fourth-order valence-corrected chi connectivity index (χ4v) is 3.04. The van der Waals surface area contributed by atoms with E-state index in [0.717, 1.165) is 16.7 Å². The number of amides is 2. The highest BCUT2D eigenvalue weighted by Crippen LogP contribution is 2.18. The third-order valence-electron chi connectivity index (χ3n) is 4.78. The van der Waals surface area contributed by atoms with Crippen LogP contribution >= 0.6 is 0 Å². The van der Waals surface area contributed by atoms with Gasteiger partial charge in [0.1, 0.15) is 12.7 Å². The second kappa shape index (κ2) is 9.08. The van der Waals surface area contributed by atoms with Gasteiger partial charge >= 0.3 is 0 Å². The van der Waals surface area contributed by atoms with Crippen LogP contribution in [0.15, 0.2) is 77.9 Å². The molecule has 0 aliphatic rings. The lowest BCUT2D eigenvalue weighted by Gasteiger charge is -2.11. The van der Waals surface area contributed by atoms with Gasteiger partial charge < -0.3 is 15.1 Å². The molecule has 8 heteroatoms. The second-order valence-corrected chi connectivity index (χ2v) is 7.05. The first-order chi connectivity index (χ1) is 15.1. The molecule has 0 bridgehead atoms. The van der Waals surface area contributed by atoms with Gasteiger partial charge in [-0.05, 0) is 47.9 Å². The predicted molar refractivity (Wildman–Crippen MR) is 115 cm³/mol. The van der Waals surface area contributed by atoms with Crippen molar-refractivity contribution in [2.24, 2.45) is 0 Å². The molecule has 0 aliphatic heterocycles. The molecule has 0 fully saturated rings. The summed E-state index contributed by atoms with van der Waals surface area (Å²) in [4.78, 5) is 28.8. The number of nitrogens with zero attached hydrogens (tertiary/aromatic N) is 3. The third-order valence-corrected chi connectivity index (χ3v) is 4.78. The first-order valence-electron chi connectivity index (χ1n) is 9.72. The average Bonchev–Trinajstić information content (AvgIpc) is 3.49. The van der Waals surface area contributed by atoms with Crippen LogP contribution in [0.4, 0.5) is 5.69 Å². The minimum absolute atomic E-state index is 0.210. The van der Waals surface area contributed by atoms with Crippen LogP contribution in [-0.2, 0) is 13.1 Å². The van der Waals surface area contributed by atoms with Gasteiger partial charge in [-0.2, -0.15) is 5.10 Å². The van der Waals surface area contributed by atoms with E-state index >= 15 is 0 Å². The molecule has 0 atom stereocenters. The molecule has 31 heavy (non-hydrogen) atoms. The zero-order valence-corrected chi connectivity index (χ0v) is 16.9. The highest BCUT2D eigenvalue weighted by molar-refractivity contribution is 6.03. The van der Waals surface area contributed by atoms with Crippen LogP contribution in [0.2, 0.25) is 0 Å². The predicted octanol–water partition coefficient (Wildman–Crippen LogP) is 3.41. The van der Waals surface area contributed by atoms with E-state index in [-0.39, 0.29) is 17.6 Å². The molecule has 0 unspecified atom stereocenters. The molecule has 0 radical (unpaired) electrons. The molecule has 2 aromatic heterocycles. The Hall–Kier alpha value is -4.20. The Bertz CT molecular complexity index is 1170. The molecule has 2 amide bonds. The molecule has 8 nitrogen and oxygen atoms in total. The average molecular weight is 415 g/mol. The molecule has 2 heterocycles. The monoisotopic (exact) mass is 415 g/mol. The van der Waals surface area contributed by atoms with Gasteiger partial charge in [-0.3, -0.25) is 9.59 Å². The molecule has 2 N–H and O–H groups in total. The Morgan fingerprint density at radius 1 is 1.03 bits per heavy atom. The summed E-state index contributed by atoms with van der Waals surface area (Å²) in [6.45, 7) is 2.90. The van der Waals surface area contributed by atoms with Crippen molar-refractivity contribution in [1.82, 2.24) is 20.1 Å². The molecular formula is C23H21N5O3. The summed E-state index contributed by atoms with van der Waals surface area (Å²) in [5, 5.41) is 9.78. The molecule has 4 rings (SSSR count). The lowest BCUT2D eigenvalue weighted by Crippen LogP contribution is -2.23. The summed E-state index contributed by atoms with van der Waals surface area (Å²) in [6.07, 6.45) is 4.61. The van der Waals surface area contributed by atoms with Gasteiger partial charge in [-0.15, -0.1) is 0 Å². The van der Waals surface area contributed by atoms with Gasteiger partial charge in [0, 0.05) is 17.8 Å². The SMILES string of the molecule is Cc1ccc(C(=O)NCc2ccc(Cn3cncn3)cc2)cc1NC(=O)c1ccco1. The summed E-state index contributed by atoms with van der Waals surface area (Å²) in [6, 6.07) is 16.3. The van der Waals surface area contributed by atoms with E-state index < -0.39 is 0 Å². The van der Waals surface area contributed by atoms with Crippen molar-refractivity contribution >= 4 is 17.5 Å². The highest BCUT2D eigenvalue weighted by atomic mass is 16.3. The molecule has 0 aliphatic carbocycles. The number of anilines is 1. The number of aromatic nitrogens is 3. The van der Waals surface area contributed by atoms with E-state index in [0.29, 0.717) is 24.3 Å². The number of carbonyl (C=O) groups is 2. The van der Waals surface area contributed by atoms with Crippen LogP contribution in [0.25, 0.3) is 0 Å². The zero-order valence-electron chi connectivity index (χ0n) is 16.9. The molecule has 156 valence electrons. The number of carbonyl (C=O) groups excluding carboxylic acids is 2. The van der Waals surface area contributed by atoms with Crippen molar-refractivity contribution in [1.29, 1.82) is 0 Å².